The first-order valence-corrected chi connectivity index (χ1v) is 3.89. The van der Waals surface area contributed by atoms with Crippen molar-refractivity contribution < 1.29 is 0 Å². The highest BCUT2D eigenvalue weighted by Crippen LogP contribution is 2.18. The topological polar surface area (TPSA) is 29.0 Å². The van der Waals surface area contributed by atoms with Crippen molar-refractivity contribution in [1.82, 2.24) is 9.97 Å². The molecule has 0 spiro atoms. The van der Waals surface area contributed by atoms with Crippen molar-refractivity contribution in [3.63, 3.8) is 0 Å². The zero-order chi connectivity index (χ0) is 7.68. The molecule has 0 saturated carbocycles. The second-order valence-electron chi connectivity index (χ2n) is 2.45. The van der Waals surface area contributed by atoms with E-state index in [0.717, 1.165) is 18.9 Å². The molecule has 1 fully saturated rings. The molecule has 57 valence electrons. The fraction of sp³-hybridized carbons (Fsp3) is 0.429. The number of rotatable bonds is 1. The van der Waals surface area contributed by atoms with Gasteiger partial charge in [-0.1, -0.05) is 11.6 Å². The summed E-state index contributed by atoms with van der Waals surface area (Å²) in [5, 5.41) is 0.391. The van der Waals surface area contributed by atoms with Crippen LogP contribution in [0, 0.1) is 6.07 Å². The molecular formula is C7H7ClN3. The van der Waals surface area contributed by atoms with Gasteiger partial charge in [0.25, 0.3) is 0 Å². The molecule has 2 heterocycles. The highest BCUT2D eigenvalue weighted by molar-refractivity contribution is 6.29. The first-order valence-electron chi connectivity index (χ1n) is 3.51. The average Bonchev–Trinajstić information content (AvgIpc) is 1.83. The first-order chi connectivity index (χ1) is 5.36. The fourth-order valence-electron chi connectivity index (χ4n) is 0.980. The van der Waals surface area contributed by atoms with E-state index in [1.54, 1.807) is 0 Å². The van der Waals surface area contributed by atoms with Crippen LogP contribution in [0.25, 0.3) is 0 Å². The lowest BCUT2D eigenvalue weighted by Gasteiger charge is -2.31. The standard InChI is InChI=1S/C7H7ClN3/c8-6-4-7(10-5-9-6)11-2-1-3-11/h5H,1-3H2. The lowest BCUT2D eigenvalue weighted by atomic mass is 10.2. The van der Waals surface area contributed by atoms with Gasteiger partial charge in [-0.3, -0.25) is 0 Å². The first kappa shape index (κ1) is 6.85. The van der Waals surface area contributed by atoms with Gasteiger partial charge in [0.2, 0.25) is 0 Å². The molecule has 0 amide bonds. The predicted molar refractivity (Wildman–Crippen MR) is 42.7 cm³/mol. The zero-order valence-electron chi connectivity index (χ0n) is 5.92. The van der Waals surface area contributed by atoms with Crippen LogP contribution in [0.2, 0.25) is 5.15 Å². The van der Waals surface area contributed by atoms with Gasteiger partial charge in [0.15, 0.2) is 0 Å². The summed E-state index contributed by atoms with van der Waals surface area (Å²) in [6.07, 6.45) is 2.70. The van der Waals surface area contributed by atoms with Crippen molar-refractivity contribution in [2.75, 3.05) is 18.0 Å². The maximum absolute atomic E-state index is 5.64. The Morgan fingerprint density at radius 2 is 2.27 bits per heavy atom. The molecule has 2 rings (SSSR count). The van der Waals surface area contributed by atoms with Gasteiger partial charge in [0.1, 0.15) is 17.3 Å². The molecule has 1 saturated heterocycles. The van der Waals surface area contributed by atoms with Crippen molar-refractivity contribution in [2.45, 2.75) is 6.42 Å². The molecular weight excluding hydrogens is 162 g/mol. The highest BCUT2D eigenvalue weighted by Gasteiger charge is 2.15. The molecule has 1 aromatic rings. The summed E-state index contributed by atoms with van der Waals surface area (Å²) in [5.41, 5.74) is 0. The molecule has 0 unspecified atom stereocenters. The third-order valence-corrected chi connectivity index (χ3v) is 1.91. The maximum Gasteiger partial charge on any atom is 0.142 e. The summed E-state index contributed by atoms with van der Waals surface area (Å²) in [4.78, 5) is 9.91. The van der Waals surface area contributed by atoms with Crippen LogP contribution >= 0.6 is 11.6 Å². The van der Waals surface area contributed by atoms with Crippen molar-refractivity contribution >= 4 is 17.4 Å². The van der Waals surface area contributed by atoms with Crippen LogP contribution in [0.3, 0.4) is 0 Å². The normalized spacial score (nSPS) is 16.3. The van der Waals surface area contributed by atoms with Crippen LogP contribution in [-0.4, -0.2) is 23.1 Å². The van der Waals surface area contributed by atoms with E-state index in [0.29, 0.717) is 5.15 Å². The Hall–Kier alpha value is -0.830. The Bertz CT molecular complexity index is 260. The molecule has 0 N–H and O–H groups in total. The molecule has 1 aliphatic heterocycles. The molecule has 0 atom stereocenters. The number of hydrogen-bond donors (Lipinski definition) is 0. The van der Waals surface area contributed by atoms with E-state index in [1.807, 2.05) is 0 Å². The molecule has 4 heteroatoms. The lowest BCUT2D eigenvalue weighted by Crippen LogP contribution is -2.37. The molecule has 0 aliphatic carbocycles. The Balaban J connectivity index is 2.23. The van der Waals surface area contributed by atoms with Gasteiger partial charge < -0.3 is 4.90 Å². The minimum atomic E-state index is 0.391. The van der Waals surface area contributed by atoms with Crippen molar-refractivity contribution in [2.24, 2.45) is 0 Å². The fourth-order valence-corrected chi connectivity index (χ4v) is 1.11. The van der Waals surface area contributed by atoms with E-state index < -0.39 is 0 Å². The number of halogens is 1. The van der Waals surface area contributed by atoms with E-state index in [9.17, 15) is 0 Å². The molecule has 0 aromatic carbocycles. The van der Waals surface area contributed by atoms with Crippen LogP contribution in [0.15, 0.2) is 6.33 Å². The average molecular weight is 169 g/mol. The van der Waals surface area contributed by atoms with E-state index >= 15 is 0 Å². The Morgan fingerprint density at radius 3 is 2.82 bits per heavy atom. The van der Waals surface area contributed by atoms with Gasteiger partial charge in [-0.25, -0.2) is 9.97 Å². The number of nitrogens with zero attached hydrogens (tertiary/aromatic N) is 3. The van der Waals surface area contributed by atoms with Crippen LogP contribution in [0.5, 0.6) is 0 Å². The monoisotopic (exact) mass is 168 g/mol. The van der Waals surface area contributed by atoms with E-state index in [1.165, 1.54) is 12.7 Å². The van der Waals surface area contributed by atoms with E-state index in [2.05, 4.69) is 20.9 Å². The highest BCUT2D eigenvalue weighted by atomic mass is 35.5. The molecule has 1 radical (unpaired) electrons. The number of anilines is 1. The predicted octanol–water partition coefficient (Wildman–Crippen LogP) is 1.14. The van der Waals surface area contributed by atoms with Gasteiger partial charge in [-0.15, -0.1) is 0 Å². The van der Waals surface area contributed by atoms with Crippen molar-refractivity contribution in [1.29, 1.82) is 0 Å². The summed E-state index contributed by atoms with van der Waals surface area (Å²) in [6, 6.07) is 2.88. The van der Waals surface area contributed by atoms with Crippen LogP contribution in [0.4, 0.5) is 5.82 Å². The van der Waals surface area contributed by atoms with Crippen molar-refractivity contribution in [3.8, 4) is 0 Å². The minimum Gasteiger partial charge on any atom is -0.356 e. The quantitative estimate of drug-likeness (QED) is 0.589. The second-order valence-corrected chi connectivity index (χ2v) is 2.81. The summed E-state index contributed by atoms with van der Waals surface area (Å²) in [6.45, 7) is 2.12. The Labute approximate surface area is 70.0 Å². The third-order valence-electron chi connectivity index (χ3n) is 1.72. The number of hydrogen-bond acceptors (Lipinski definition) is 3. The largest absolute Gasteiger partial charge is 0.356 e. The van der Waals surface area contributed by atoms with Gasteiger partial charge in [-0.05, 0) is 6.42 Å². The molecule has 1 aromatic heterocycles. The van der Waals surface area contributed by atoms with Gasteiger partial charge >= 0.3 is 0 Å². The Kier molecular flexibility index (Phi) is 1.66. The van der Waals surface area contributed by atoms with Crippen LogP contribution < -0.4 is 4.90 Å². The van der Waals surface area contributed by atoms with Gasteiger partial charge in [0, 0.05) is 13.1 Å². The smallest absolute Gasteiger partial charge is 0.142 e. The molecule has 11 heavy (non-hydrogen) atoms. The minimum absolute atomic E-state index is 0.391. The maximum atomic E-state index is 5.64. The molecule has 1 aliphatic rings. The van der Waals surface area contributed by atoms with Crippen LogP contribution in [0.1, 0.15) is 6.42 Å². The molecule has 3 nitrogen and oxygen atoms in total. The van der Waals surface area contributed by atoms with Crippen LogP contribution in [-0.2, 0) is 0 Å². The second kappa shape index (κ2) is 2.66. The SMILES string of the molecule is Clc1[c]c(N2CCC2)ncn1. The van der Waals surface area contributed by atoms with E-state index in [4.69, 9.17) is 11.6 Å². The summed E-state index contributed by atoms with van der Waals surface area (Å²) >= 11 is 5.64. The number of aromatic nitrogens is 2. The Morgan fingerprint density at radius 1 is 1.45 bits per heavy atom. The molecule has 0 bridgehead atoms. The summed E-state index contributed by atoms with van der Waals surface area (Å²) in [7, 11) is 0. The zero-order valence-corrected chi connectivity index (χ0v) is 6.67. The van der Waals surface area contributed by atoms with E-state index in [-0.39, 0.29) is 0 Å². The third kappa shape index (κ3) is 1.28. The summed E-state index contributed by atoms with van der Waals surface area (Å²) in [5.74, 6) is 0.816. The van der Waals surface area contributed by atoms with Gasteiger partial charge in [0.05, 0.1) is 6.07 Å². The van der Waals surface area contributed by atoms with Crippen molar-refractivity contribution in [3.05, 3.63) is 17.5 Å². The lowest BCUT2D eigenvalue weighted by molar-refractivity contribution is 0.608. The summed E-state index contributed by atoms with van der Waals surface area (Å²) < 4.78 is 0. The van der Waals surface area contributed by atoms with Gasteiger partial charge in [-0.2, -0.15) is 0 Å².